The van der Waals surface area contributed by atoms with Gasteiger partial charge < -0.3 is 10.1 Å². The lowest BCUT2D eigenvalue weighted by molar-refractivity contribution is 0.157. The number of hydrogen-bond donors (Lipinski definition) is 1. The minimum atomic E-state index is -0.257. The Bertz CT molecular complexity index is 417. The van der Waals surface area contributed by atoms with Crippen molar-refractivity contribution in [2.24, 2.45) is 0 Å². The fourth-order valence-corrected chi connectivity index (χ4v) is 3.20. The predicted molar refractivity (Wildman–Crippen MR) is 64.9 cm³/mol. The van der Waals surface area contributed by atoms with Crippen LogP contribution in [0.1, 0.15) is 37.2 Å². The van der Waals surface area contributed by atoms with Gasteiger partial charge in [-0.2, -0.15) is 0 Å². The lowest BCUT2D eigenvalue weighted by Crippen LogP contribution is -2.50. The van der Waals surface area contributed by atoms with Crippen molar-refractivity contribution >= 4 is 6.09 Å². The van der Waals surface area contributed by atoms with Gasteiger partial charge in [-0.15, -0.1) is 0 Å². The van der Waals surface area contributed by atoms with Crippen LogP contribution in [0.5, 0.6) is 0 Å². The van der Waals surface area contributed by atoms with Crippen LogP contribution < -0.4 is 5.32 Å². The molecule has 1 spiro atoms. The number of ether oxygens (including phenoxy) is 1. The topological polar surface area (TPSA) is 38.3 Å². The molecule has 90 valence electrons. The third-order valence-corrected chi connectivity index (χ3v) is 4.05. The fraction of sp³-hybridized carbons (Fsp3) is 0.500. The predicted octanol–water partition coefficient (Wildman–Crippen LogP) is 2.82. The summed E-state index contributed by atoms with van der Waals surface area (Å²) in [6.45, 7) is 0.519. The van der Waals surface area contributed by atoms with E-state index in [1.54, 1.807) is 0 Å². The first-order valence-corrected chi connectivity index (χ1v) is 6.30. The summed E-state index contributed by atoms with van der Waals surface area (Å²) >= 11 is 0. The number of cyclic esters (lactones) is 1. The van der Waals surface area contributed by atoms with Gasteiger partial charge >= 0.3 is 6.09 Å². The lowest BCUT2D eigenvalue weighted by Gasteiger charge is -2.39. The maximum atomic E-state index is 11.4. The van der Waals surface area contributed by atoms with E-state index in [4.69, 9.17) is 4.74 Å². The summed E-state index contributed by atoms with van der Waals surface area (Å²) in [5.41, 5.74) is 1.16. The molecular weight excluding hydrogens is 214 g/mol. The summed E-state index contributed by atoms with van der Waals surface area (Å²) in [4.78, 5) is 11.4. The van der Waals surface area contributed by atoms with Gasteiger partial charge in [0.05, 0.1) is 5.54 Å². The zero-order chi connectivity index (χ0) is 11.7. The van der Waals surface area contributed by atoms with Crippen molar-refractivity contribution in [1.82, 2.24) is 5.32 Å². The van der Waals surface area contributed by atoms with Crippen molar-refractivity contribution in [3.63, 3.8) is 0 Å². The molecule has 1 N–H and O–H groups in total. The number of amides is 1. The maximum absolute atomic E-state index is 11.4. The molecule has 2 atom stereocenters. The molecule has 3 heteroatoms. The molecular formula is C14H17NO2. The molecule has 3 rings (SSSR count). The van der Waals surface area contributed by atoms with E-state index in [2.05, 4.69) is 29.6 Å². The average Bonchev–Trinajstić information content (AvgIpc) is 2.73. The van der Waals surface area contributed by atoms with Crippen LogP contribution in [0.2, 0.25) is 0 Å². The van der Waals surface area contributed by atoms with Crippen LogP contribution in [0, 0.1) is 0 Å². The standard InChI is InChI=1S/C14H17NO2/c16-13-15-14(10-17-13)9-5-4-8-12(14)11-6-2-1-3-7-11/h1-3,6-7,12H,4-5,8-10H2,(H,15,16). The number of rotatable bonds is 1. The minimum absolute atomic E-state index is 0.156. The SMILES string of the molecule is O=C1NC2(CCCCC2c2ccccc2)CO1. The van der Waals surface area contributed by atoms with Gasteiger partial charge in [0.15, 0.2) is 0 Å². The van der Waals surface area contributed by atoms with Crippen molar-refractivity contribution in [2.75, 3.05) is 6.61 Å². The average molecular weight is 231 g/mol. The van der Waals surface area contributed by atoms with Crippen molar-refractivity contribution in [3.8, 4) is 0 Å². The van der Waals surface area contributed by atoms with Gasteiger partial charge in [-0.05, 0) is 18.4 Å². The molecule has 0 radical (unpaired) electrons. The minimum Gasteiger partial charge on any atom is -0.447 e. The summed E-state index contributed by atoms with van der Waals surface area (Å²) < 4.78 is 5.15. The third-order valence-electron chi connectivity index (χ3n) is 4.05. The third kappa shape index (κ3) is 1.79. The summed E-state index contributed by atoms with van der Waals surface area (Å²) in [5.74, 6) is 0.392. The second-order valence-corrected chi connectivity index (χ2v) is 5.07. The second kappa shape index (κ2) is 4.06. The first-order valence-electron chi connectivity index (χ1n) is 6.30. The van der Waals surface area contributed by atoms with E-state index in [9.17, 15) is 4.79 Å². The van der Waals surface area contributed by atoms with Gasteiger partial charge in [0.25, 0.3) is 0 Å². The molecule has 0 bridgehead atoms. The molecule has 2 unspecified atom stereocenters. The number of alkyl carbamates (subject to hydrolysis) is 1. The van der Waals surface area contributed by atoms with Crippen LogP contribution in [-0.2, 0) is 4.74 Å². The van der Waals surface area contributed by atoms with Gasteiger partial charge in [-0.1, -0.05) is 43.2 Å². The molecule has 1 heterocycles. The van der Waals surface area contributed by atoms with Crippen LogP contribution in [-0.4, -0.2) is 18.2 Å². The summed E-state index contributed by atoms with van der Waals surface area (Å²) in [6, 6.07) is 10.5. The highest BCUT2D eigenvalue weighted by atomic mass is 16.6. The smallest absolute Gasteiger partial charge is 0.407 e. The van der Waals surface area contributed by atoms with E-state index < -0.39 is 0 Å². The van der Waals surface area contributed by atoms with Gasteiger partial charge in [0.1, 0.15) is 6.61 Å². The maximum Gasteiger partial charge on any atom is 0.407 e. The number of carbonyl (C=O) groups excluding carboxylic acids is 1. The largest absolute Gasteiger partial charge is 0.447 e. The Hall–Kier alpha value is -1.51. The number of carbonyl (C=O) groups is 1. The first kappa shape index (κ1) is 10.6. The van der Waals surface area contributed by atoms with Gasteiger partial charge in [0.2, 0.25) is 0 Å². The van der Waals surface area contributed by atoms with Crippen LogP contribution >= 0.6 is 0 Å². The first-order chi connectivity index (χ1) is 8.30. The van der Waals surface area contributed by atoms with Gasteiger partial charge in [-0.3, -0.25) is 0 Å². The highest BCUT2D eigenvalue weighted by molar-refractivity contribution is 5.71. The van der Waals surface area contributed by atoms with Crippen LogP contribution in [0.4, 0.5) is 4.79 Å². The Labute approximate surface area is 101 Å². The Balaban J connectivity index is 1.93. The molecule has 1 saturated carbocycles. The van der Waals surface area contributed by atoms with Crippen LogP contribution in [0.25, 0.3) is 0 Å². The molecule has 1 aromatic rings. The van der Waals surface area contributed by atoms with Crippen molar-refractivity contribution in [2.45, 2.75) is 37.1 Å². The van der Waals surface area contributed by atoms with Crippen molar-refractivity contribution < 1.29 is 9.53 Å². The zero-order valence-electron chi connectivity index (χ0n) is 9.82. The molecule has 1 saturated heterocycles. The normalized spacial score (nSPS) is 32.2. The number of benzene rings is 1. The quantitative estimate of drug-likeness (QED) is 0.807. The van der Waals surface area contributed by atoms with Gasteiger partial charge in [0, 0.05) is 5.92 Å². The second-order valence-electron chi connectivity index (χ2n) is 5.07. The molecule has 3 nitrogen and oxygen atoms in total. The van der Waals surface area contributed by atoms with E-state index in [0.717, 1.165) is 12.8 Å². The summed E-state index contributed by atoms with van der Waals surface area (Å²) in [7, 11) is 0. The van der Waals surface area contributed by atoms with Crippen molar-refractivity contribution in [1.29, 1.82) is 0 Å². The fourth-order valence-electron chi connectivity index (χ4n) is 3.20. The Morgan fingerprint density at radius 3 is 2.76 bits per heavy atom. The Kier molecular flexibility index (Phi) is 2.54. The lowest BCUT2D eigenvalue weighted by atomic mass is 9.70. The number of hydrogen-bond acceptors (Lipinski definition) is 2. The van der Waals surface area contributed by atoms with E-state index in [1.807, 2.05) is 6.07 Å². The van der Waals surface area contributed by atoms with E-state index in [1.165, 1.54) is 18.4 Å². The number of nitrogens with one attached hydrogen (secondary N) is 1. The van der Waals surface area contributed by atoms with E-state index in [0.29, 0.717) is 12.5 Å². The molecule has 2 aliphatic rings. The van der Waals surface area contributed by atoms with E-state index >= 15 is 0 Å². The molecule has 17 heavy (non-hydrogen) atoms. The van der Waals surface area contributed by atoms with Crippen molar-refractivity contribution in [3.05, 3.63) is 35.9 Å². The zero-order valence-corrected chi connectivity index (χ0v) is 9.82. The Morgan fingerprint density at radius 2 is 2.06 bits per heavy atom. The van der Waals surface area contributed by atoms with Crippen LogP contribution in [0.15, 0.2) is 30.3 Å². The monoisotopic (exact) mass is 231 g/mol. The van der Waals surface area contributed by atoms with Gasteiger partial charge in [-0.25, -0.2) is 4.79 Å². The molecule has 1 aliphatic heterocycles. The van der Waals surface area contributed by atoms with E-state index in [-0.39, 0.29) is 11.6 Å². The highest BCUT2D eigenvalue weighted by Crippen LogP contribution is 2.42. The van der Waals surface area contributed by atoms with Crippen LogP contribution in [0.3, 0.4) is 0 Å². The molecule has 1 aliphatic carbocycles. The molecule has 0 aromatic heterocycles. The highest BCUT2D eigenvalue weighted by Gasteiger charge is 2.47. The molecule has 1 aromatic carbocycles. The Morgan fingerprint density at radius 1 is 1.24 bits per heavy atom. The molecule has 1 amide bonds. The summed E-state index contributed by atoms with van der Waals surface area (Å²) in [5, 5.41) is 3.06. The molecule has 2 fully saturated rings. The summed E-state index contributed by atoms with van der Waals surface area (Å²) in [6.07, 6.45) is 4.31.